The fraction of sp³-hybridized carbons (Fsp3) is 0.320. The Bertz CT molecular complexity index is 1190. The lowest BCUT2D eigenvalue weighted by Crippen LogP contribution is -2.50. The first kappa shape index (κ1) is 23.4. The summed E-state index contributed by atoms with van der Waals surface area (Å²) in [5.74, 6) is -0.653. The molecule has 1 aromatic heterocycles. The Labute approximate surface area is 196 Å². The minimum Gasteiger partial charge on any atom is -0.434 e. The Hall–Kier alpha value is -3.75. The van der Waals surface area contributed by atoms with E-state index in [9.17, 15) is 18.4 Å². The van der Waals surface area contributed by atoms with Crippen molar-refractivity contribution in [2.24, 2.45) is 0 Å². The Morgan fingerprint density at radius 3 is 2.26 bits per heavy atom. The van der Waals surface area contributed by atoms with Gasteiger partial charge in [-0.1, -0.05) is 24.3 Å². The van der Waals surface area contributed by atoms with Gasteiger partial charge in [0, 0.05) is 37.4 Å². The van der Waals surface area contributed by atoms with Crippen molar-refractivity contribution >= 4 is 11.8 Å². The first-order chi connectivity index (χ1) is 16.3. The van der Waals surface area contributed by atoms with E-state index in [1.165, 1.54) is 18.2 Å². The van der Waals surface area contributed by atoms with Crippen molar-refractivity contribution in [1.82, 2.24) is 19.6 Å². The van der Waals surface area contributed by atoms with Crippen LogP contribution >= 0.6 is 0 Å². The van der Waals surface area contributed by atoms with Crippen molar-refractivity contribution in [3.63, 3.8) is 0 Å². The normalized spacial score (nSPS) is 13.9. The number of hydrogen-bond donors (Lipinski definition) is 0. The molecule has 0 atom stereocenters. The van der Waals surface area contributed by atoms with E-state index >= 15 is 0 Å². The quantitative estimate of drug-likeness (QED) is 0.553. The van der Waals surface area contributed by atoms with Gasteiger partial charge >= 0.3 is 6.61 Å². The van der Waals surface area contributed by atoms with Crippen LogP contribution in [0.1, 0.15) is 37.7 Å². The number of benzene rings is 2. The number of aromatic nitrogens is 2. The van der Waals surface area contributed by atoms with Crippen LogP contribution in [-0.2, 0) is 6.54 Å². The fourth-order valence-electron chi connectivity index (χ4n) is 4.12. The lowest BCUT2D eigenvalue weighted by atomic mass is 10.1. The number of carbonyl (C=O) groups is 2. The molecule has 0 unspecified atom stereocenters. The van der Waals surface area contributed by atoms with Crippen LogP contribution < -0.4 is 4.74 Å². The lowest BCUT2D eigenvalue weighted by molar-refractivity contribution is -0.0503. The molecule has 1 aliphatic heterocycles. The van der Waals surface area contributed by atoms with Crippen LogP contribution in [0.5, 0.6) is 5.75 Å². The molecule has 178 valence electrons. The summed E-state index contributed by atoms with van der Waals surface area (Å²) in [7, 11) is 0. The Balaban J connectivity index is 1.40. The van der Waals surface area contributed by atoms with Crippen molar-refractivity contribution in [3.05, 3.63) is 82.7 Å². The highest BCUT2D eigenvalue weighted by molar-refractivity contribution is 5.97. The number of carbonyl (C=O) groups excluding carboxylic acids is 2. The molecule has 0 saturated carbocycles. The molecule has 0 radical (unpaired) electrons. The van der Waals surface area contributed by atoms with Gasteiger partial charge in [0.1, 0.15) is 5.75 Å². The van der Waals surface area contributed by atoms with Crippen molar-refractivity contribution in [3.8, 4) is 5.75 Å². The lowest BCUT2D eigenvalue weighted by Gasteiger charge is -2.35. The average Bonchev–Trinajstić information content (AvgIpc) is 3.14. The van der Waals surface area contributed by atoms with E-state index in [1.807, 2.05) is 42.8 Å². The highest BCUT2D eigenvalue weighted by Crippen LogP contribution is 2.23. The van der Waals surface area contributed by atoms with Gasteiger partial charge in [-0.15, -0.1) is 0 Å². The number of hydrogen-bond acceptors (Lipinski definition) is 4. The molecule has 1 aliphatic rings. The van der Waals surface area contributed by atoms with Gasteiger partial charge in [-0.3, -0.25) is 14.3 Å². The molecule has 34 heavy (non-hydrogen) atoms. The predicted octanol–water partition coefficient (Wildman–Crippen LogP) is 3.75. The molecule has 2 heterocycles. The molecule has 1 saturated heterocycles. The second kappa shape index (κ2) is 10.0. The number of alkyl halides is 2. The van der Waals surface area contributed by atoms with Gasteiger partial charge in [-0.05, 0) is 49.7 Å². The third-order valence-corrected chi connectivity index (χ3v) is 5.80. The predicted molar refractivity (Wildman–Crippen MR) is 122 cm³/mol. The van der Waals surface area contributed by atoms with E-state index < -0.39 is 12.5 Å². The minimum atomic E-state index is -3.01. The third-order valence-electron chi connectivity index (χ3n) is 5.80. The Morgan fingerprint density at radius 1 is 0.941 bits per heavy atom. The summed E-state index contributed by atoms with van der Waals surface area (Å²) in [5, 5.41) is 4.47. The number of amides is 2. The molecule has 2 amide bonds. The van der Waals surface area contributed by atoms with Gasteiger partial charge in [0.2, 0.25) is 0 Å². The van der Waals surface area contributed by atoms with Gasteiger partial charge < -0.3 is 14.5 Å². The summed E-state index contributed by atoms with van der Waals surface area (Å²) in [6, 6.07) is 15.4. The van der Waals surface area contributed by atoms with Gasteiger partial charge in [0.15, 0.2) is 0 Å². The molecule has 0 aliphatic carbocycles. The van der Waals surface area contributed by atoms with Gasteiger partial charge in [0.05, 0.1) is 17.8 Å². The summed E-state index contributed by atoms with van der Waals surface area (Å²) in [6.45, 7) is 2.81. The molecule has 9 heteroatoms. The first-order valence-electron chi connectivity index (χ1n) is 11.0. The van der Waals surface area contributed by atoms with Crippen molar-refractivity contribution in [1.29, 1.82) is 0 Å². The van der Waals surface area contributed by atoms with E-state index in [0.717, 1.165) is 17.0 Å². The first-order valence-corrected chi connectivity index (χ1v) is 11.0. The van der Waals surface area contributed by atoms with Gasteiger partial charge in [-0.2, -0.15) is 13.9 Å². The van der Waals surface area contributed by atoms with Crippen LogP contribution in [0.25, 0.3) is 0 Å². The highest BCUT2D eigenvalue weighted by atomic mass is 19.3. The van der Waals surface area contributed by atoms with Crippen LogP contribution in [-0.4, -0.2) is 64.2 Å². The largest absolute Gasteiger partial charge is 0.434 e. The number of para-hydroxylation sites is 1. The number of piperazine rings is 1. The second-order valence-electron chi connectivity index (χ2n) is 8.24. The maximum Gasteiger partial charge on any atom is 0.387 e. The van der Waals surface area contributed by atoms with Crippen LogP contribution in [0.4, 0.5) is 8.78 Å². The van der Waals surface area contributed by atoms with Crippen LogP contribution in [0.3, 0.4) is 0 Å². The van der Waals surface area contributed by atoms with Crippen molar-refractivity contribution in [2.45, 2.75) is 27.0 Å². The van der Waals surface area contributed by atoms with Gasteiger partial charge in [-0.25, -0.2) is 0 Å². The van der Waals surface area contributed by atoms with Crippen LogP contribution in [0.2, 0.25) is 0 Å². The van der Waals surface area contributed by atoms with E-state index in [-0.39, 0.29) is 17.2 Å². The SMILES string of the molecule is Cc1cc(C)n(Cc2cccc(C(=O)N3CCN(C(=O)c4ccccc4OC(F)F)CC3)c2)n1. The minimum absolute atomic E-state index is 0.0828. The van der Waals surface area contributed by atoms with Crippen LogP contribution in [0.15, 0.2) is 54.6 Å². The van der Waals surface area contributed by atoms with E-state index in [0.29, 0.717) is 38.3 Å². The maximum atomic E-state index is 13.1. The number of nitrogens with zero attached hydrogens (tertiary/aromatic N) is 4. The molecule has 0 bridgehead atoms. The second-order valence-corrected chi connectivity index (χ2v) is 8.24. The van der Waals surface area contributed by atoms with Crippen LogP contribution in [0, 0.1) is 13.8 Å². The molecule has 7 nitrogen and oxygen atoms in total. The number of ether oxygens (including phenoxy) is 1. The maximum absolute atomic E-state index is 13.1. The molecule has 0 spiro atoms. The zero-order chi connectivity index (χ0) is 24.2. The summed E-state index contributed by atoms with van der Waals surface area (Å²) in [4.78, 5) is 29.2. The summed E-state index contributed by atoms with van der Waals surface area (Å²) < 4.78 is 31.8. The molecule has 0 N–H and O–H groups in total. The molecule has 4 rings (SSSR count). The summed E-state index contributed by atoms with van der Waals surface area (Å²) in [6.07, 6.45) is 0. The number of rotatable bonds is 6. The Morgan fingerprint density at radius 2 is 1.62 bits per heavy atom. The molecule has 1 fully saturated rings. The average molecular weight is 469 g/mol. The molecule has 3 aromatic rings. The van der Waals surface area contributed by atoms with Crippen molar-refractivity contribution < 1.29 is 23.1 Å². The van der Waals surface area contributed by atoms with E-state index in [2.05, 4.69) is 9.84 Å². The fourth-order valence-corrected chi connectivity index (χ4v) is 4.12. The molecular weight excluding hydrogens is 442 g/mol. The van der Waals surface area contributed by atoms with Gasteiger partial charge in [0.25, 0.3) is 11.8 Å². The topological polar surface area (TPSA) is 67.7 Å². The smallest absolute Gasteiger partial charge is 0.387 e. The van der Waals surface area contributed by atoms with E-state index in [4.69, 9.17) is 0 Å². The summed E-state index contributed by atoms with van der Waals surface area (Å²) in [5.41, 5.74) is 3.63. The highest BCUT2D eigenvalue weighted by Gasteiger charge is 2.27. The van der Waals surface area contributed by atoms with E-state index in [1.54, 1.807) is 21.9 Å². The third kappa shape index (κ3) is 5.24. The zero-order valence-corrected chi connectivity index (χ0v) is 19.1. The monoisotopic (exact) mass is 468 g/mol. The summed E-state index contributed by atoms with van der Waals surface area (Å²) >= 11 is 0. The van der Waals surface area contributed by atoms with Crippen molar-refractivity contribution in [2.75, 3.05) is 26.2 Å². The standard InChI is InChI=1S/C25H26F2N4O3/c1-17-14-18(2)31(28-17)16-19-6-5-7-20(15-19)23(32)29-10-12-30(13-11-29)24(33)21-8-3-4-9-22(21)34-25(26)27/h3-9,14-15,25H,10-13,16H2,1-2H3. The Kier molecular flexibility index (Phi) is 6.90. The molecule has 2 aromatic carbocycles. The number of aryl methyl sites for hydroxylation is 2. The zero-order valence-electron chi connectivity index (χ0n) is 19.1. The molecular formula is C25H26F2N4O3. The number of halogens is 2.